The number of rotatable bonds is 2. The topological polar surface area (TPSA) is 35.0 Å². The molecule has 0 saturated heterocycles. The monoisotopic (exact) mass is 284 g/mol. The van der Waals surface area contributed by atoms with E-state index in [9.17, 15) is 0 Å². The summed E-state index contributed by atoms with van der Waals surface area (Å²) in [5, 5.41) is 1.49. The van der Waals surface area contributed by atoms with Gasteiger partial charge in [-0.1, -0.05) is 23.7 Å². The van der Waals surface area contributed by atoms with Gasteiger partial charge in [-0.3, -0.25) is 0 Å². The molecule has 3 rings (SSSR count). The Hall–Kier alpha value is -2.13. The molecule has 0 spiro atoms. The minimum Gasteiger partial charge on any atom is -0.438 e. The molecule has 0 fully saturated rings. The largest absolute Gasteiger partial charge is 0.438 e. The fraction of sp³-hybridized carbons (Fsp3) is 0.125. The van der Waals surface area contributed by atoms with Crippen LogP contribution in [0, 0.1) is 13.8 Å². The number of aromatic nitrogens is 2. The van der Waals surface area contributed by atoms with Crippen molar-refractivity contribution in [3.63, 3.8) is 0 Å². The molecule has 0 bridgehead atoms. The SMILES string of the molecule is Cc1cccc(Oc2ncnc3cc(Cl)ccc23)c1C. The zero-order valence-corrected chi connectivity index (χ0v) is 12.0. The molecule has 0 aliphatic heterocycles. The van der Waals surface area contributed by atoms with Crippen LogP contribution in [0.15, 0.2) is 42.7 Å². The molecule has 2 aromatic carbocycles. The Morgan fingerprint density at radius 3 is 2.75 bits per heavy atom. The lowest BCUT2D eigenvalue weighted by atomic mass is 10.1. The second kappa shape index (κ2) is 5.10. The number of ether oxygens (including phenoxy) is 1. The van der Waals surface area contributed by atoms with E-state index in [2.05, 4.69) is 23.0 Å². The second-order valence-electron chi connectivity index (χ2n) is 4.64. The first-order valence-corrected chi connectivity index (χ1v) is 6.67. The predicted octanol–water partition coefficient (Wildman–Crippen LogP) is 4.69. The van der Waals surface area contributed by atoms with Crippen molar-refractivity contribution in [2.24, 2.45) is 0 Å². The Kier molecular flexibility index (Phi) is 3.28. The summed E-state index contributed by atoms with van der Waals surface area (Å²) in [6.07, 6.45) is 1.49. The Labute approximate surface area is 122 Å². The normalized spacial score (nSPS) is 10.8. The lowest BCUT2D eigenvalue weighted by Gasteiger charge is -2.11. The van der Waals surface area contributed by atoms with Crippen molar-refractivity contribution in [3.05, 3.63) is 58.9 Å². The smallest absolute Gasteiger partial charge is 0.230 e. The molecule has 0 radical (unpaired) electrons. The van der Waals surface area contributed by atoms with E-state index in [0.29, 0.717) is 10.9 Å². The molecule has 20 heavy (non-hydrogen) atoms. The quantitative estimate of drug-likeness (QED) is 0.684. The molecule has 1 aromatic heterocycles. The molecule has 0 unspecified atom stereocenters. The average Bonchev–Trinajstić information content (AvgIpc) is 2.44. The molecule has 3 aromatic rings. The first-order valence-electron chi connectivity index (χ1n) is 6.29. The summed E-state index contributed by atoms with van der Waals surface area (Å²) >= 11 is 5.98. The highest BCUT2D eigenvalue weighted by Crippen LogP contribution is 2.30. The van der Waals surface area contributed by atoms with Crippen LogP contribution in [-0.4, -0.2) is 9.97 Å². The van der Waals surface area contributed by atoms with Gasteiger partial charge in [0.25, 0.3) is 0 Å². The summed E-state index contributed by atoms with van der Waals surface area (Å²) < 4.78 is 5.95. The summed E-state index contributed by atoms with van der Waals surface area (Å²) in [4.78, 5) is 8.43. The van der Waals surface area contributed by atoms with Gasteiger partial charge in [0.1, 0.15) is 12.1 Å². The van der Waals surface area contributed by atoms with Crippen molar-refractivity contribution in [1.29, 1.82) is 0 Å². The van der Waals surface area contributed by atoms with E-state index in [-0.39, 0.29) is 0 Å². The molecule has 0 amide bonds. The lowest BCUT2D eigenvalue weighted by molar-refractivity contribution is 0.464. The summed E-state index contributed by atoms with van der Waals surface area (Å²) in [6, 6.07) is 11.4. The predicted molar refractivity (Wildman–Crippen MR) is 80.5 cm³/mol. The summed E-state index contributed by atoms with van der Waals surface area (Å²) in [5.41, 5.74) is 3.06. The molecule has 1 heterocycles. The van der Waals surface area contributed by atoms with Gasteiger partial charge in [-0.2, -0.15) is 0 Å². The van der Waals surface area contributed by atoms with Crippen LogP contribution < -0.4 is 4.74 Å². The van der Waals surface area contributed by atoms with Crippen LogP contribution in [0.4, 0.5) is 0 Å². The number of benzene rings is 2. The van der Waals surface area contributed by atoms with Crippen LogP contribution in [0.25, 0.3) is 10.9 Å². The van der Waals surface area contributed by atoms with Gasteiger partial charge in [-0.15, -0.1) is 0 Å². The van der Waals surface area contributed by atoms with Crippen molar-refractivity contribution in [1.82, 2.24) is 9.97 Å². The molecule has 0 saturated carbocycles. The van der Waals surface area contributed by atoms with Crippen LogP contribution in [0.3, 0.4) is 0 Å². The first-order chi connectivity index (χ1) is 9.65. The summed E-state index contributed by atoms with van der Waals surface area (Å²) in [7, 11) is 0. The number of hydrogen-bond donors (Lipinski definition) is 0. The number of aryl methyl sites for hydroxylation is 1. The van der Waals surface area contributed by atoms with E-state index < -0.39 is 0 Å². The average molecular weight is 285 g/mol. The van der Waals surface area contributed by atoms with Crippen molar-refractivity contribution >= 4 is 22.5 Å². The van der Waals surface area contributed by atoms with Crippen molar-refractivity contribution in [2.45, 2.75) is 13.8 Å². The van der Waals surface area contributed by atoms with Crippen LogP contribution in [-0.2, 0) is 0 Å². The maximum absolute atomic E-state index is 5.98. The van der Waals surface area contributed by atoms with Gasteiger partial charge in [0, 0.05) is 5.02 Å². The molecule has 3 nitrogen and oxygen atoms in total. The molecule has 0 aliphatic carbocycles. The summed E-state index contributed by atoms with van der Waals surface area (Å²) in [6.45, 7) is 4.09. The fourth-order valence-electron chi connectivity index (χ4n) is 2.03. The van der Waals surface area contributed by atoms with E-state index in [1.54, 1.807) is 6.07 Å². The Morgan fingerprint density at radius 2 is 1.90 bits per heavy atom. The third kappa shape index (κ3) is 2.32. The number of halogens is 1. The van der Waals surface area contributed by atoms with E-state index in [4.69, 9.17) is 16.3 Å². The number of hydrogen-bond acceptors (Lipinski definition) is 3. The second-order valence-corrected chi connectivity index (χ2v) is 5.08. The van der Waals surface area contributed by atoms with E-state index >= 15 is 0 Å². The van der Waals surface area contributed by atoms with Gasteiger partial charge in [-0.25, -0.2) is 9.97 Å². The van der Waals surface area contributed by atoms with Gasteiger partial charge in [-0.05, 0) is 49.2 Å². The van der Waals surface area contributed by atoms with Crippen LogP contribution in [0.2, 0.25) is 5.02 Å². The van der Waals surface area contributed by atoms with Crippen LogP contribution >= 0.6 is 11.6 Å². The minimum atomic E-state index is 0.542. The minimum absolute atomic E-state index is 0.542. The molecular formula is C16H13ClN2O. The maximum Gasteiger partial charge on any atom is 0.230 e. The third-order valence-electron chi connectivity index (χ3n) is 3.32. The first kappa shape index (κ1) is 12.9. The fourth-order valence-corrected chi connectivity index (χ4v) is 2.19. The highest BCUT2D eigenvalue weighted by molar-refractivity contribution is 6.31. The van der Waals surface area contributed by atoms with Crippen LogP contribution in [0.5, 0.6) is 11.6 Å². The Bertz CT molecular complexity index is 787. The Morgan fingerprint density at radius 1 is 1.05 bits per heavy atom. The van der Waals surface area contributed by atoms with Gasteiger partial charge < -0.3 is 4.74 Å². The molecule has 4 heteroatoms. The van der Waals surface area contributed by atoms with E-state index in [1.807, 2.05) is 31.2 Å². The molecule has 0 N–H and O–H groups in total. The van der Waals surface area contributed by atoms with Crippen molar-refractivity contribution in [2.75, 3.05) is 0 Å². The van der Waals surface area contributed by atoms with Gasteiger partial charge in [0.2, 0.25) is 5.88 Å². The third-order valence-corrected chi connectivity index (χ3v) is 3.56. The van der Waals surface area contributed by atoms with Gasteiger partial charge >= 0.3 is 0 Å². The Balaban J connectivity index is 2.09. The zero-order valence-electron chi connectivity index (χ0n) is 11.2. The van der Waals surface area contributed by atoms with Gasteiger partial charge in [0.15, 0.2) is 0 Å². The molecule has 0 atom stereocenters. The maximum atomic E-state index is 5.98. The zero-order chi connectivity index (χ0) is 14.1. The highest BCUT2D eigenvalue weighted by Gasteiger charge is 2.09. The summed E-state index contributed by atoms with van der Waals surface area (Å²) in [5.74, 6) is 1.35. The number of fused-ring (bicyclic) bond motifs is 1. The molecule has 100 valence electrons. The van der Waals surface area contributed by atoms with Crippen LogP contribution in [0.1, 0.15) is 11.1 Å². The van der Waals surface area contributed by atoms with Crippen molar-refractivity contribution in [3.8, 4) is 11.6 Å². The molecular weight excluding hydrogens is 272 g/mol. The van der Waals surface area contributed by atoms with Gasteiger partial charge in [0.05, 0.1) is 10.9 Å². The lowest BCUT2D eigenvalue weighted by Crippen LogP contribution is -1.94. The molecule has 0 aliphatic rings. The number of nitrogens with zero attached hydrogens (tertiary/aromatic N) is 2. The van der Waals surface area contributed by atoms with E-state index in [0.717, 1.165) is 22.2 Å². The van der Waals surface area contributed by atoms with Crippen molar-refractivity contribution < 1.29 is 4.74 Å². The highest BCUT2D eigenvalue weighted by atomic mass is 35.5. The van der Waals surface area contributed by atoms with E-state index in [1.165, 1.54) is 11.9 Å². The standard InChI is InChI=1S/C16H13ClN2O/c1-10-4-3-5-15(11(10)2)20-16-13-7-6-12(17)8-14(13)18-9-19-16/h3-9H,1-2H3.